The molecule has 2 unspecified atom stereocenters. The molecule has 1 aliphatic carbocycles. The molecule has 2 N–H and O–H groups in total. The van der Waals surface area contributed by atoms with E-state index in [0.717, 1.165) is 24.8 Å². The lowest BCUT2D eigenvalue weighted by Gasteiger charge is -2.37. The Morgan fingerprint density at radius 1 is 1.12 bits per heavy atom. The molecule has 0 aromatic heterocycles. The van der Waals surface area contributed by atoms with Gasteiger partial charge >= 0.3 is 5.97 Å². The summed E-state index contributed by atoms with van der Waals surface area (Å²) in [5.74, 6) is 1.47. The van der Waals surface area contributed by atoms with Gasteiger partial charge in [0.05, 0.1) is 5.92 Å². The van der Waals surface area contributed by atoms with Gasteiger partial charge in [-0.25, -0.2) is 0 Å². The smallest absolute Gasteiger partial charge is 0.307 e. The summed E-state index contributed by atoms with van der Waals surface area (Å²) in [5.41, 5.74) is 0. The fraction of sp³-hybridized carbons (Fsp3) is 0.923. The maximum atomic E-state index is 11.0. The molecule has 0 bridgehead atoms. The Hall–Kier alpha value is -0.570. The average molecular weight is 225 g/mol. The summed E-state index contributed by atoms with van der Waals surface area (Å²) in [4.78, 5) is 11.0. The van der Waals surface area contributed by atoms with Crippen LogP contribution in [-0.2, 0) is 4.79 Å². The van der Waals surface area contributed by atoms with Crippen molar-refractivity contribution in [2.24, 2.45) is 23.7 Å². The molecular formula is C13H23NO2. The van der Waals surface area contributed by atoms with Crippen LogP contribution in [0.4, 0.5) is 0 Å². The van der Waals surface area contributed by atoms with Crippen LogP contribution in [0.3, 0.4) is 0 Å². The lowest BCUT2D eigenvalue weighted by molar-refractivity contribution is -0.143. The second kappa shape index (κ2) is 5.17. The zero-order valence-electron chi connectivity index (χ0n) is 10.1. The predicted molar refractivity (Wildman–Crippen MR) is 63.2 cm³/mol. The molecule has 0 spiro atoms. The number of hydrogen-bond acceptors (Lipinski definition) is 2. The van der Waals surface area contributed by atoms with E-state index in [0.29, 0.717) is 12.5 Å². The van der Waals surface area contributed by atoms with Gasteiger partial charge in [0, 0.05) is 6.54 Å². The molecule has 1 saturated heterocycles. The lowest BCUT2D eigenvalue weighted by atomic mass is 9.72. The molecule has 0 amide bonds. The third kappa shape index (κ3) is 2.76. The van der Waals surface area contributed by atoms with E-state index >= 15 is 0 Å². The highest BCUT2D eigenvalue weighted by atomic mass is 16.4. The minimum atomic E-state index is -0.624. The quantitative estimate of drug-likeness (QED) is 0.757. The molecule has 2 aliphatic rings. The van der Waals surface area contributed by atoms with Crippen LogP contribution in [0.25, 0.3) is 0 Å². The normalized spacial score (nSPS) is 40.6. The number of carbonyl (C=O) groups is 1. The van der Waals surface area contributed by atoms with E-state index in [1.54, 1.807) is 0 Å². The van der Waals surface area contributed by atoms with Crippen LogP contribution in [0.15, 0.2) is 0 Å². The summed E-state index contributed by atoms with van der Waals surface area (Å²) in [5, 5.41) is 12.4. The Kier molecular flexibility index (Phi) is 3.85. The number of carboxylic acids is 1. The number of piperidine rings is 1. The van der Waals surface area contributed by atoms with Crippen molar-refractivity contribution in [2.45, 2.75) is 39.0 Å². The first-order chi connectivity index (χ1) is 7.66. The molecule has 0 radical (unpaired) electrons. The first-order valence-corrected chi connectivity index (χ1v) is 6.60. The first kappa shape index (κ1) is 11.9. The summed E-state index contributed by atoms with van der Waals surface area (Å²) in [6.45, 7) is 4.02. The van der Waals surface area contributed by atoms with Gasteiger partial charge < -0.3 is 10.4 Å². The third-order valence-corrected chi connectivity index (χ3v) is 4.46. The second-order valence-electron chi connectivity index (χ2n) is 5.71. The summed E-state index contributed by atoms with van der Waals surface area (Å²) >= 11 is 0. The maximum absolute atomic E-state index is 11.0. The van der Waals surface area contributed by atoms with Gasteiger partial charge in [-0.2, -0.15) is 0 Å². The number of hydrogen-bond donors (Lipinski definition) is 2. The molecule has 16 heavy (non-hydrogen) atoms. The number of nitrogens with one attached hydrogen (secondary N) is 1. The lowest BCUT2D eigenvalue weighted by Crippen LogP contribution is -2.42. The zero-order chi connectivity index (χ0) is 11.5. The van der Waals surface area contributed by atoms with Gasteiger partial charge in [-0.05, 0) is 43.6 Å². The van der Waals surface area contributed by atoms with Crippen molar-refractivity contribution >= 4 is 5.97 Å². The van der Waals surface area contributed by atoms with Crippen molar-refractivity contribution in [3.8, 4) is 0 Å². The van der Waals surface area contributed by atoms with Crippen LogP contribution in [0.5, 0.6) is 0 Å². The number of rotatable bonds is 2. The van der Waals surface area contributed by atoms with E-state index in [-0.39, 0.29) is 5.92 Å². The molecule has 0 aromatic rings. The Bertz CT molecular complexity index is 246. The molecule has 1 saturated carbocycles. The SMILES string of the molecule is CC1CCC(C2CNCC(C(=O)O)C2)CC1. The largest absolute Gasteiger partial charge is 0.481 e. The van der Waals surface area contributed by atoms with Crippen molar-refractivity contribution in [1.29, 1.82) is 0 Å². The molecule has 2 atom stereocenters. The molecule has 3 nitrogen and oxygen atoms in total. The molecule has 0 aromatic carbocycles. The van der Waals surface area contributed by atoms with Gasteiger partial charge in [-0.3, -0.25) is 4.79 Å². The predicted octanol–water partition coefficient (Wildman–Crippen LogP) is 2.12. The summed E-state index contributed by atoms with van der Waals surface area (Å²) < 4.78 is 0. The van der Waals surface area contributed by atoms with Gasteiger partial charge in [-0.15, -0.1) is 0 Å². The zero-order valence-corrected chi connectivity index (χ0v) is 10.1. The van der Waals surface area contributed by atoms with E-state index in [1.807, 2.05) is 0 Å². The van der Waals surface area contributed by atoms with E-state index in [4.69, 9.17) is 5.11 Å². The van der Waals surface area contributed by atoms with Crippen molar-refractivity contribution in [1.82, 2.24) is 5.32 Å². The Morgan fingerprint density at radius 2 is 1.81 bits per heavy atom. The van der Waals surface area contributed by atoms with Crippen molar-refractivity contribution in [2.75, 3.05) is 13.1 Å². The second-order valence-corrected chi connectivity index (χ2v) is 5.71. The average Bonchev–Trinajstić information content (AvgIpc) is 2.30. The fourth-order valence-electron chi connectivity index (χ4n) is 3.28. The summed E-state index contributed by atoms with van der Waals surface area (Å²) in [6.07, 6.45) is 6.17. The van der Waals surface area contributed by atoms with Gasteiger partial charge in [-0.1, -0.05) is 19.8 Å². The molecule has 92 valence electrons. The summed E-state index contributed by atoms with van der Waals surface area (Å²) in [6, 6.07) is 0. The van der Waals surface area contributed by atoms with Crippen LogP contribution in [0.1, 0.15) is 39.0 Å². The van der Waals surface area contributed by atoms with Crippen LogP contribution < -0.4 is 5.32 Å². The highest BCUT2D eigenvalue weighted by Gasteiger charge is 2.32. The van der Waals surface area contributed by atoms with Crippen LogP contribution in [0, 0.1) is 23.7 Å². The Balaban J connectivity index is 1.87. The molecule has 2 rings (SSSR count). The van der Waals surface area contributed by atoms with Crippen LogP contribution in [0.2, 0.25) is 0 Å². The highest BCUT2D eigenvalue weighted by Crippen LogP contribution is 2.36. The fourth-order valence-corrected chi connectivity index (χ4v) is 3.28. The number of carboxylic acid groups (broad SMARTS) is 1. The topological polar surface area (TPSA) is 49.3 Å². The molecule has 2 fully saturated rings. The molecule has 1 aliphatic heterocycles. The van der Waals surface area contributed by atoms with Crippen molar-refractivity contribution < 1.29 is 9.90 Å². The van der Waals surface area contributed by atoms with E-state index < -0.39 is 5.97 Å². The molecular weight excluding hydrogens is 202 g/mol. The number of aliphatic carboxylic acids is 1. The standard InChI is InChI=1S/C13H23NO2/c1-9-2-4-10(5-3-9)11-6-12(13(15)16)8-14-7-11/h9-12,14H,2-8H2,1H3,(H,15,16). The molecule has 3 heteroatoms. The maximum Gasteiger partial charge on any atom is 0.307 e. The third-order valence-electron chi connectivity index (χ3n) is 4.46. The first-order valence-electron chi connectivity index (χ1n) is 6.60. The monoisotopic (exact) mass is 225 g/mol. The van der Waals surface area contributed by atoms with Gasteiger partial charge in [0.15, 0.2) is 0 Å². The minimum Gasteiger partial charge on any atom is -0.481 e. The van der Waals surface area contributed by atoms with Crippen LogP contribution in [-0.4, -0.2) is 24.2 Å². The van der Waals surface area contributed by atoms with Gasteiger partial charge in [0.1, 0.15) is 0 Å². The van der Waals surface area contributed by atoms with E-state index in [2.05, 4.69) is 12.2 Å². The Morgan fingerprint density at radius 3 is 2.44 bits per heavy atom. The Labute approximate surface area is 97.6 Å². The van der Waals surface area contributed by atoms with Crippen molar-refractivity contribution in [3.05, 3.63) is 0 Å². The van der Waals surface area contributed by atoms with Gasteiger partial charge in [0.25, 0.3) is 0 Å². The van der Waals surface area contributed by atoms with Crippen molar-refractivity contribution in [3.63, 3.8) is 0 Å². The van der Waals surface area contributed by atoms with E-state index in [1.165, 1.54) is 25.7 Å². The summed E-state index contributed by atoms with van der Waals surface area (Å²) in [7, 11) is 0. The van der Waals surface area contributed by atoms with Gasteiger partial charge in [0.2, 0.25) is 0 Å². The van der Waals surface area contributed by atoms with E-state index in [9.17, 15) is 4.79 Å². The van der Waals surface area contributed by atoms with Crippen LogP contribution >= 0.6 is 0 Å². The minimum absolute atomic E-state index is 0.155. The molecule has 1 heterocycles. The highest BCUT2D eigenvalue weighted by molar-refractivity contribution is 5.70.